The number of phosphoric ester groups is 1. The van der Waals surface area contributed by atoms with E-state index in [2.05, 4.69) is 48.8 Å². The average Bonchev–Trinajstić information content (AvgIpc) is 3.14. The summed E-state index contributed by atoms with van der Waals surface area (Å²) in [5, 5.41) is 29.5. The van der Waals surface area contributed by atoms with E-state index in [1.54, 1.807) is 0 Å². The fourth-order valence-electron chi connectivity index (χ4n) is 4.91. The van der Waals surface area contributed by atoms with E-state index in [1.165, 1.54) is 32.1 Å². The largest absolute Gasteiger partial charge is 0.480 e. The Kier molecular flexibility index (Phi) is 33.1. The van der Waals surface area contributed by atoms with Gasteiger partial charge in [-0.15, -0.1) is 0 Å². The van der Waals surface area contributed by atoms with E-state index in [4.69, 9.17) is 24.8 Å². The number of ether oxygens (including phenoxy) is 2. The van der Waals surface area contributed by atoms with Crippen LogP contribution in [-0.4, -0.2) is 82.3 Å². The van der Waals surface area contributed by atoms with Crippen molar-refractivity contribution in [3.05, 3.63) is 48.6 Å². The van der Waals surface area contributed by atoms with Crippen molar-refractivity contribution in [3.63, 3.8) is 0 Å². The van der Waals surface area contributed by atoms with Gasteiger partial charge in [-0.3, -0.25) is 23.4 Å². The topological polar surface area (TPSA) is 212 Å². The van der Waals surface area contributed by atoms with E-state index < -0.39 is 69.9 Å². The normalized spacial score (nSPS) is 15.5. The van der Waals surface area contributed by atoms with Gasteiger partial charge in [0.05, 0.1) is 25.4 Å². The molecular weight excluding hydrogens is 717 g/mol. The summed E-state index contributed by atoms with van der Waals surface area (Å²) in [6.45, 7) is 2.39. The number of hydrogen-bond acceptors (Lipinski definition) is 11. The number of aliphatic hydroxyl groups excluding tert-OH is 2. The first-order valence-electron chi connectivity index (χ1n) is 19.8. The van der Waals surface area contributed by atoms with E-state index in [-0.39, 0.29) is 32.1 Å². The summed E-state index contributed by atoms with van der Waals surface area (Å²) >= 11 is 0. The zero-order valence-electron chi connectivity index (χ0n) is 32.8. The number of carboxylic acids is 1. The molecule has 312 valence electrons. The molecule has 0 radical (unpaired) electrons. The van der Waals surface area contributed by atoms with Gasteiger partial charge in [-0.2, -0.15) is 0 Å². The van der Waals surface area contributed by atoms with Gasteiger partial charge in [0.15, 0.2) is 6.10 Å². The van der Waals surface area contributed by atoms with Gasteiger partial charge < -0.3 is 35.4 Å². The third-order valence-electron chi connectivity index (χ3n) is 8.25. The second-order valence-electron chi connectivity index (χ2n) is 13.4. The molecule has 0 fully saturated rings. The van der Waals surface area contributed by atoms with Crippen LogP contribution in [0.2, 0.25) is 0 Å². The first-order valence-corrected chi connectivity index (χ1v) is 21.3. The first-order chi connectivity index (χ1) is 25.9. The van der Waals surface area contributed by atoms with Crippen LogP contribution in [0.25, 0.3) is 0 Å². The minimum absolute atomic E-state index is 0.0884. The fourth-order valence-corrected chi connectivity index (χ4v) is 5.69. The van der Waals surface area contributed by atoms with Crippen molar-refractivity contribution in [1.29, 1.82) is 0 Å². The number of carbonyl (C=O) groups excluding carboxylic acids is 2. The smallest absolute Gasteiger partial charge is 0.472 e. The third-order valence-corrected chi connectivity index (χ3v) is 9.20. The summed E-state index contributed by atoms with van der Waals surface area (Å²) in [7, 11) is -4.78. The van der Waals surface area contributed by atoms with Crippen LogP contribution >= 0.6 is 7.82 Å². The number of rotatable bonds is 36. The Balaban J connectivity index is 4.67. The molecule has 0 spiro atoms. The molecule has 0 aromatic carbocycles. The number of nitrogens with two attached hydrogens (primary N) is 1. The molecular formula is C40H70NO12P. The van der Waals surface area contributed by atoms with Gasteiger partial charge >= 0.3 is 25.7 Å². The van der Waals surface area contributed by atoms with Gasteiger partial charge in [0.2, 0.25) is 0 Å². The highest BCUT2D eigenvalue weighted by molar-refractivity contribution is 7.47. The Morgan fingerprint density at radius 3 is 1.85 bits per heavy atom. The molecule has 3 unspecified atom stereocenters. The number of unbranched alkanes of at least 4 members (excludes halogenated alkanes) is 10. The molecule has 0 aliphatic heterocycles. The first kappa shape index (κ1) is 51.4. The highest BCUT2D eigenvalue weighted by atomic mass is 31.2. The van der Waals surface area contributed by atoms with E-state index >= 15 is 0 Å². The van der Waals surface area contributed by atoms with E-state index in [0.29, 0.717) is 6.42 Å². The summed E-state index contributed by atoms with van der Waals surface area (Å²) in [5.41, 5.74) is 5.30. The molecule has 14 heteroatoms. The van der Waals surface area contributed by atoms with Crippen molar-refractivity contribution >= 4 is 25.7 Å². The number of esters is 2. The molecule has 0 saturated carbocycles. The number of allylic oxidation sites excluding steroid dienone is 7. The summed E-state index contributed by atoms with van der Waals surface area (Å²) in [5.74, 6) is -2.72. The lowest BCUT2D eigenvalue weighted by molar-refractivity contribution is -0.161. The average molecular weight is 788 g/mol. The molecule has 0 bridgehead atoms. The lowest BCUT2D eigenvalue weighted by Gasteiger charge is -2.20. The predicted octanol–water partition coefficient (Wildman–Crippen LogP) is 7.78. The molecule has 6 N–H and O–H groups in total. The quantitative estimate of drug-likeness (QED) is 0.0178. The SMILES string of the molecule is CCCC/C=C\CCCCCCCC(=O)O[C@H](COC(=O)CCCC(O)C(O)C/C=C\C/C=C\C/C=C\CCCCC)COP(=O)(O)OC[C@H](N)C(=O)O. The third kappa shape index (κ3) is 32.8. The predicted molar refractivity (Wildman–Crippen MR) is 210 cm³/mol. The lowest BCUT2D eigenvalue weighted by atomic mass is 10.0. The molecule has 5 atom stereocenters. The molecule has 0 amide bonds. The second kappa shape index (κ2) is 34.8. The molecule has 0 aliphatic rings. The number of hydrogen-bond donors (Lipinski definition) is 5. The number of aliphatic carboxylic acids is 1. The summed E-state index contributed by atoms with van der Waals surface area (Å²) in [6.07, 6.45) is 29.4. The van der Waals surface area contributed by atoms with Crippen molar-refractivity contribution in [2.24, 2.45) is 5.73 Å². The van der Waals surface area contributed by atoms with Crippen LogP contribution in [0.4, 0.5) is 0 Å². The Morgan fingerprint density at radius 1 is 0.648 bits per heavy atom. The van der Waals surface area contributed by atoms with Crippen LogP contribution in [0.1, 0.15) is 142 Å². The lowest BCUT2D eigenvalue weighted by Crippen LogP contribution is -2.34. The van der Waals surface area contributed by atoms with Crippen LogP contribution < -0.4 is 5.73 Å². The summed E-state index contributed by atoms with van der Waals surface area (Å²) in [6, 6.07) is -1.56. The standard InChI is InChI=1S/C40H70NO12P/c1-3-5-7-9-11-13-15-17-18-20-22-24-27-36(42)37(43)28-26-30-38(44)50-31-34(32-51-54(48,49)52-33-35(41)40(46)47)53-39(45)29-25-23-21-19-16-14-12-10-8-6-4-2/h10-13,17-18,22,24,34-37,42-43H,3-9,14-16,19-21,23,25-33,41H2,1-2H3,(H,46,47)(H,48,49)/b12-10-,13-11-,18-17-,24-22-/t34-,35+,36?,37?/m1/s1. The molecule has 0 heterocycles. The van der Waals surface area contributed by atoms with Crippen molar-refractivity contribution in [2.75, 3.05) is 19.8 Å². The highest BCUT2D eigenvalue weighted by Gasteiger charge is 2.28. The van der Waals surface area contributed by atoms with Crippen LogP contribution in [0.5, 0.6) is 0 Å². The summed E-state index contributed by atoms with van der Waals surface area (Å²) in [4.78, 5) is 45.8. The number of phosphoric acid groups is 1. The Hall–Kier alpha value is -2.64. The van der Waals surface area contributed by atoms with Crippen molar-refractivity contribution in [1.82, 2.24) is 0 Å². The number of carbonyl (C=O) groups is 3. The monoisotopic (exact) mass is 787 g/mol. The summed E-state index contributed by atoms with van der Waals surface area (Å²) < 4.78 is 32.4. The van der Waals surface area contributed by atoms with Gasteiger partial charge in [0, 0.05) is 12.8 Å². The molecule has 0 saturated heterocycles. The van der Waals surface area contributed by atoms with E-state index in [9.17, 15) is 34.1 Å². The minimum atomic E-state index is -4.78. The van der Waals surface area contributed by atoms with Gasteiger partial charge in [0.25, 0.3) is 0 Å². The maximum Gasteiger partial charge on any atom is 0.472 e. The highest BCUT2D eigenvalue weighted by Crippen LogP contribution is 2.43. The zero-order valence-corrected chi connectivity index (χ0v) is 33.7. The molecule has 13 nitrogen and oxygen atoms in total. The molecule has 0 rings (SSSR count). The van der Waals surface area contributed by atoms with Gasteiger partial charge in [-0.05, 0) is 70.6 Å². The molecule has 54 heavy (non-hydrogen) atoms. The molecule has 0 aromatic heterocycles. The van der Waals surface area contributed by atoms with Gasteiger partial charge in [-0.1, -0.05) is 107 Å². The van der Waals surface area contributed by atoms with Gasteiger partial charge in [-0.25, -0.2) is 4.57 Å². The number of carboxylic acid groups (broad SMARTS) is 1. The Labute approximate surface area is 323 Å². The van der Waals surface area contributed by atoms with Crippen LogP contribution in [-0.2, 0) is 37.5 Å². The van der Waals surface area contributed by atoms with Crippen LogP contribution in [0, 0.1) is 0 Å². The maximum atomic E-state index is 12.6. The fraction of sp³-hybridized carbons (Fsp3) is 0.725. The van der Waals surface area contributed by atoms with Crippen molar-refractivity contribution in [3.8, 4) is 0 Å². The van der Waals surface area contributed by atoms with Gasteiger partial charge in [0.1, 0.15) is 12.6 Å². The van der Waals surface area contributed by atoms with Crippen molar-refractivity contribution < 1.29 is 57.7 Å². The molecule has 0 aromatic rings. The van der Waals surface area contributed by atoms with E-state index in [1.807, 2.05) is 18.2 Å². The Morgan fingerprint density at radius 2 is 1.19 bits per heavy atom. The minimum Gasteiger partial charge on any atom is -0.480 e. The van der Waals surface area contributed by atoms with Crippen LogP contribution in [0.15, 0.2) is 48.6 Å². The van der Waals surface area contributed by atoms with E-state index in [0.717, 1.165) is 57.8 Å². The second-order valence-corrected chi connectivity index (χ2v) is 14.8. The zero-order chi connectivity index (χ0) is 40.3. The van der Waals surface area contributed by atoms with Crippen molar-refractivity contribution in [2.45, 2.75) is 167 Å². The van der Waals surface area contributed by atoms with Crippen LogP contribution in [0.3, 0.4) is 0 Å². The maximum absolute atomic E-state index is 12.6. The molecule has 0 aliphatic carbocycles. The Bertz CT molecular complexity index is 1140. The number of aliphatic hydroxyl groups is 2.